The van der Waals surface area contributed by atoms with E-state index in [1.165, 1.54) is 4.90 Å². The molecule has 0 bridgehead atoms. The van der Waals surface area contributed by atoms with Gasteiger partial charge in [-0.3, -0.25) is 0 Å². The maximum absolute atomic E-state index is 5.82. The maximum atomic E-state index is 5.82. The van der Waals surface area contributed by atoms with Crippen LogP contribution in [0.15, 0.2) is 33.7 Å². The summed E-state index contributed by atoms with van der Waals surface area (Å²) in [6.07, 6.45) is 5.59. The van der Waals surface area contributed by atoms with Crippen molar-refractivity contribution in [1.29, 1.82) is 0 Å². The van der Waals surface area contributed by atoms with Gasteiger partial charge in [0.25, 0.3) is 0 Å². The molecule has 0 radical (unpaired) electrons. The van der Waals surface area contributed by atoms with Crippen LogP contribution in [0, 0.1) is 12.3 Å². The van der Waals surface area contributed by atoms with E-state index in [1.54, 1.807) is 11.8 Å². The first-order chi connectivity index (χ1) is 9.24. The summed E-state index contributed by atoms with van der Waals surface area (Å²) in [7, 11) is 0. The average Bonchev–Trinajstić information content (AvgIpc) is 2.90. The summed E-state index contributed by atoms with van der Waals surface area (Å²) in [5.74, 6) is 4.44. The Morgan fingerprint density at radius 1 is 1.42 bits per heavy atom. The van der Waals surface area contributed by atoms with E-state index in [2.05, 4.69) is 23.0 Å². The number of rotatable bonds is 5. The highest BCUT2D eigenvalue weighted by Gasteiger charge is 2.14. The van der Waals surface area contributed by atoms with E-state index in [-0.39, 0.29) is 0 Å². The third kappa shape index (κ3) is 3.37. The van der Waals surface area contributed by atoms with Crippen LogP contribution < -0.4 is 5.73 Å². The van der Waals surface area contributed by atoms with Crippen LogP contribution in [0.25, 0.3) is 11.4 Å². The van der Waals surface area contributed by atoms with Gasteiger partial charge in [-0.25, -0.2) is 0 Å². The maximum Gasteiger partial charge on any atom is 0.244 e. The third-order valence-electron chi connectivity index (χ3n) is 2.52. The van der Waals surface area contributed by atoms with Crippen LogP contribution in [0.3, 0.4) is 0 Å². The lowest BCUT2D eigenvalue weighted by Crippen LogP contribution is -2.09. The van der Waals surface area contributed by atoms with E-state index >= 15 is 0 Å². The molecule has 0 aliphatic heterocycles. The van der Waals surface area contributed by atoms with Gasteiger partial charge < -0.3 is 10.3 Å². The van der Waals surface area contributed by atoms with E-state index in [0.717, 1.165) is 11.3 Å². The molecule has 2 rings (SSSR count). The van der Waals surface area contributed by atoms with Crippen LogP contribution in [0.1, 0.15) is 25.3 Å². The highest BCUT2D eigenvalue weighted by atomic mass is 32.2. The molecule has 4 nitrogen and oxygen atoms in total. The molecule has 1 heterocycles. The van der Waals surface area contributed by atoms with Crippen LogP contribution in [0.2, 0.25) is 0 Å². The summed E-state index contributed by atoms with van der Waals surface area (Å²) < 4.78 is 5.12. The molecule has 1 unspecified atom stereocenters. The van der Waals surface area contributed by atoms with E-state index in [9.17, 15) is 0 Å². The zero-order valence-corrected chi connectivity index (χ0v) is 11.5. The predicted molar refractivity (Wildman–Crippen MR) is 76.5 cm³/mol. The summed E-state index contributed by atoms with van der Waals surface area (Å²) in [5, 5.41) is 3.92. The van der Waals surface area contributed by atoms with E-state index in [0.29, 0.717) is 18.1 Å². The fraction of sp³-hybridized carbons (Fsp3) is 0.286. The molecule has 0 spiro atoms. The smallest absolute Gasteiger partial charge is 0.244 e. The zero-order chi connectivity index (χ0) is 13.7. The number of hydrogen-bond acceptors (Lipinski definition) is 5. The second kappa shape index (κ2) is 6.41. The lowest BCUT2D eigenvalue weighted by molar-refractivity contribution is 0.357. The fourth-order valence-corrected chi connectivity index (χ4v) is 2.25. The molecule has 0 aliphatic carbocycles. The Balaban J connectivity index is 2.16. The molecule has 0 amide bonds. The summed E-state index contributed by atoms with van der Waals surface area (Å²) in [6.45, 7) is 2.12. The van der Waals surface area contributed by atoms with Crippen molar-refractivity contribution in [3.05, 3.63) is 30.2 Å². The van der Waals surface area contributed by atoms with Crippen molar-refractivity contribution in [1.82, 2.24) is 10.1 Å². The largest absolute Gasteiger partial charge is 0.337 e. The first kappa shape index (κ1) is 13.7. The fourth-order valence-electron chi connectivity index (χ4n) is 1.58. The molecule has 2 N–H and O–H groups in total. The Morgan fingerprint density at radius 3 is 2.79 bits per heavy atom. The van der Waals surface area contributed by atoms with Gasteiger partial charge in [-0.15, -0.1) is 24.1 Å². The van der Waals surface area contributed by atoms with Gasteiger partial charge >= 0.3 is 0 Å². The first-order valence-corrected chi connectivity index (χ1v) is 6.99. The Hall–Kier alpha value is -1.77. The SMILES string of the molecule is C#CCC(N)c1nc(-c2ccc(SCC)cc2)no1. The Kier molecular flexibility index (Phi) is 4.61. The topological polar surface area (TPSA) is 64.9 Å². The minimum Gasteiger partial charge on any atom is -0.337 e. The van der Waals surface area contributed by atoms with Crippen molar-refractivity contribution in [3.63, 3.8) is 0 Å². The van der Waals surface area contributed by atoms with Gasteiger partial charge in [-0.05, 0) is 30.0 Å². The molecule has 0 saturated carbocycles. The van der Waals surface area contributed by atoms with E-state index < -0.39 is 6.04 Å². The van der Waals surface area contributed by atoms with Crippen molar-refractivity contribution < 1.29 is 4.52 Å². The Bertz CT molecular complexity index is 571. The predicted octanol–water partition coefficient (Wildman–Crippen LogP) is 2.87. The number of benzene rings is 1. The van der Waals surface area contributed by atoms with Crippen molar-refractivity contribution in [3.8, 4) is 23.7 Å². The summed E-state index contributed by atoms with van der Waals surface area (Å²) in [5.41, 5.74) is 6.72. The van der Waals surface area contributed by atoms with Gasteiger partial charge in [0.2, 0.25) is 11.7 Å². The van der Waals surface area contributed by atoms with Crippen molar-refractivity contribution in [2.24, 2.45) is 5.73 Å². The second-order valence-electron chi connectivity index (χ2n) is 3.93. The van der Waals surface area contributed by atoms with Crippen molar-refractivity contribution in [2.75, 3.05) is 5.75 Å². The number of aromatic nitrogens is 2. The standard InChI is InChI=1S/C14H15N3OS/c1-3-5-12(15)14-16-13(17-18-14)10-6-8-11(9-7-10)19-4-2/h1,6-9,12H,4-5,15H2,2H3. The third-order valence-corrected chi connectivity index (χ3v) is 3.41. The molecule has 2 aromatic rings. The number of hydrogen-bond donors (Lipinski definition) is 1. The molecular formula is C14H15N3OS. The van der Waals surface area contributed by atoms with Gasteiger partial charge in [0.1, 0.15) is 0 Å². The van der Waals surface area contributed by atoms with Crippen LogP contribution in [-0.4, -0.2) is 15.9 Å². The monoisotopic (exact) mass is 273 g/mol. The number of nitrogens with two attached hydrogens (primary N) is 1. The molecule has 1 aromatic heterocycles. The summed E-state index contributed by atoms with van der Waals surface area (Å²) in [6, 6.07) is 7.63. The summed E-state index contributed by atoms with van der Waals surface area (Å²) >= 11 is 1.79. The lowest BCUT2D eigenvalue weighted by atomic mass is 10.2. The van der Waals surface area contributed by atoms with Gasteiger partial charge in [-0.1, -0.05) is 12.1 Å². The van der Waals surface area contributed by atoms with Crippen LogP contribution in [0.4, 0.5) is 0 Å². The molecule has 19 heavy (non-hydrogen) atoms. The van der Waals surface area contributed by atoms with Crippen LogP contribution in [-0.2, 0) is 0 Å². The molecule has 1 aromatic carbocycles. The average molecular weight is 273 g/mol. The molecule has 5 heteroatoms. The lowest BCUT2D eigenvalue weighted by Gasteiger charge is -2.00. The number of terminal acetylenes is 1. The minimum atomic E-state index is -0.402. The van der Waals surface area contributed by atoms with Gasteiger partial charge in [0, 0.05) is 16.9 Å². The molecule has 98 valence electrons. The molecule has 0 fully saturated rings. The second-order valence-corrected chi connectivity index (χ2v) is 5.27. The highest BCUT2D eigenvalue weighted by molar-refractivity contribution is 7.99. The van der Waals surface area contributed by atoms with Crippen LogP contribution >= 0.6 is 11.8 Å². The summed E-state index contributed by atoms with van der Waals surface area (Å²) in [4.78, 5) is 5.49. The van der Waals surface area contributed by atoms with Crippen LogP contribution in [0.5, 0.6) is 0 Å². The highest BCUT2D eigenvalue weighted by Crippen LogP contribution is 2.23. The molecule has 0 saturated heterocycles. The van der Waals surface area contributed by atoms with Crippen molar-refractivity contribution >= 4 is 11.8 Å². The number of thioether (sulfide) groups is 1. The zero-order valence-electron chi connectivity index (χ0n) is 10.7. The molecular weight excluding hydrogens is 258 g/mol. The normalized spacial score (nSPS) is 12.1. The minimum absolute atomic E-state index is 0.375. The first-order valence-electron chi connectivity index (χ1n) is 6.00. The van der Waals surface area contributed by atoms with Gasteiger partial charge in [0.05, 0.1) is 6.04 Å². The van der Waals surface area contributed by atoms with Crippen molar-refractivity contribution in [2.45, 2.75) is 24.3 Å². The Morgan fingerprint density at radius 2 is 2.16 bits per heavy atom. The molecule has 1 atom stereocenters. The van der Waals surface area contributed by atoms with Gasteiger partial charge in [-0.2, -0.15) is 4.98 Å². The quantitative estimate of drug-likeness (QED) is 0.670. The number of nitrogens with zero attached hydrogens (tertiary/aromatic N) is 2. The van der Waals surface area contributed by atoms with E-state index in [4.69, 9.17) is 16.7 Å². The Labute approximate surface area is 116 Å². The van der Waals surface area contributed by atoms with Gasteiger partial charge in [0.15, 0.2) is 0 Å². The molecule has 0 aliphatic rings. The van der Waals surface area contributed by atoms with E-state index in [1.807, 2.05) is 24.3 Å².